The van der Waals surface area contributed by atoms with Gasteiger partial charge in [-0.1, -0.05) is 48.5 Å². The molecule has 1 aliphatic heterocycles. The second kappa shape index (κ2) is 7.51. The SMILES string of the molecule is NC(=O)NC(=O)[C@H](N[C@@H]1CCSc2ccccc21)c1ccccc1. The molecule has 0 fully saturated rings. The first-order valence-electron chi connectivity index (χ1n) is 7.78. The third-order valence-electron chi connectivity index (χ3n) is 3.97. The molecule has 3 rings (SSSR count). The number of urea groups is 1. The van der Waals surface area contributed by atoms with Crippen LogP contribution in [-0.2, 0) is 4.79 Å². The molecule has 2 aromatic rings. The number of fused-ring (bicyclic) bond motifs is 1. The minimum absolute atomic E-state index is 0.0475. The first kappa shape index (κ1) is 16.5. The number of carbonyl (C=O) groups is 2. The number of benzene rings is 2. The summed E-state index contributed by atoms with van der Waals surface area (Å²) in [6, 6.07) is 16.1. The maximum atomic E-state index is 12.5. The van der Waals surface area contributed by atoms with Crippen LogP contribution in [0.4, 0.5) is 4.79 Å². The van der Waals surface area contributed by atoms with Crippen molar-refractivity contribution in [1.29, 1.82) is 0 Å². The van der Waals surface area contributed by atoms with Gasteiger partial charge in [-0.2, -0.15) is 0 Å². The van der Waals surface area contributed by atoms with Gasteiger partial charge in [0.25, 0.3) is 0 Å². The molecule has 0 saturated carbocycles. The van der Waals surface area contributed by atoms with Gasteiger partial charge in [0, 0.05) is 10.9 Å². The average Bonchev–Trinajstić information content (AvgIpc) is 2.60. The van der Waals surface area contributed by atoms with E-state index in [1.165, 1.54) is 10.5 Å². The molecule has 0 saturated heterocycles. The Morgan fingerprint density at radius 2 is 1.79 bits per heavy atom. The van der Waals surface area contributed by atoms with Gasteiger partial charge in [-0.05, 0) is 29.4 Å². The smallest absolute Gasteiger partial charge is 0.318 e. The van der Waals surface area contributed by atoms with Gasteiger partial charge < -0.3 is 5.73 Å². The minimum atomic E-state index is -0.845. The number of nitrogens with two attached hydrogens (primary N) is 1. The second-order valence-corrected chi connectivity index (χ2v) is 6.73. The van der Waals surface area contributed by atoms with Crippen molar-refractivity contribution in [2.45, 2.75) is 23.4 Å². The van der Waals surface area contributed by atoms with E-state index in [1.54, 1.807) is 0 Å². The van der Waals surface area contributed by atoms with Crippen LogP contribution in [0.3, 0.4) is 0 Å². The first-order valence-corrected chi connectivity index (χ1v) is 8.76. The molecule has 0 bridgehead atoms. The van der Waals surface area contributed by atoms with Crippen LogP contribution in [0.15, 0.2) is 59.5 Å². The number of hydrogen-bond acceptors (Lipinski definition) is 4. The minimum Gasteiger partial charge on any atom is -0.351 e. The van der Waals surface area contributed by atoms with Crippen LogP contribution in [0.25, 0.3) is 0 Å². The lowest BCUT2D eigenvalue weighted by Gasteiger charge is -2.29. The van der Waals surface area contributed by atoms with Gasteiger partial charge in [0.1, 0.15) is 6.04 Å². The van der Waals surface area contributed by atoms with E-state index in [1.807, 2.05) is 54.2 Å². The Kier molecular flexibility index (Phi) is 5.17. The number of thioether (sulfide) groups is 1. The quantitative estimate of drug-likeness (QED) is 0.798. The highest BCUT2D eigenvalue weighted by Gasteiger charge is 2.28. The van der Waals surface area contributed by atoms with Crippen LogP contribution in [-0.4, -0.2) is 17.7 Å². The van der Waals surface area contributed by atoms with Crippen LogP contribution in [0, 0.1) is 0 Å². The zero-order chi connectivity index (χ0) is 16.9. The molecular weight excluding hydrogens is 322 g/mol. The van der Waals surface area contributed by atoms with Gasteiger partial charge in [0.15, 0.2) is 0 Å². The molecule has 1 heterocycles. The third kappa shape index (κ3) is 3.77. The fraction of sp³-hybridized carbons (Fsp3) is 0.222. The average molecular weight is 341 g/mol. The first-order chi connectivity index (χ1) is 11.6. The molecule has 0 radical (unpaired) electrons. The van der Waals surface area contributed by atoms with Crippen LogP contribution in [0.2, 0.25) is 0 Å². The Morgan fingerprint density at radius 3 is 2.54 bits per heavy atom. The summed E-state index contributed by atoms with van der Waals surface area (Å²) in [5, 5.41) is 5.59. The van der Waals surface area contributed by atoms with Gasteiger partial charge in [-0.25, -0.2) is 4.79 Å². The van der Waals surface area contributed by atoms with Crippen LogP contribution >= 0.6 is 11.8 Å². The third-order valence-corrected chi connectivity index (χ3v) is 5.09. The van der Waals surface area contributed by atoms with E-state index in [2.05, 4.69) is 22.8 Å². The number of amides is 3. The second-order valence-electron chi connectivity index (χ2n) is 5.59. The van der Waals surface area contributed by atoms with Gasteiger partial charge in [-0.15, -0.1) is 11.8 Å². The van der Waals surface area contributed by atoms with Gasteiger partial charge in [0.05, 0.1) is 0 Å². The summed E-state index contributed by atoms with van der Waals surface area (Å²) in [6.07, 6.45) is 0.912. The molecule has 24 heavy (non-hydrogen) atoms. The number of carbonyl (C=O) groups excluding carboxylic acids is 2. The highest BCUT2D eigenvalue weighted by molar-refractivity contribution is 7.99. The van der Waals surface area contributed by atoms with Crippen molar-refractivity contribution in [3.63, 3.8) is 0 Å². The lowest BCUT2D eigenvalue weighted by Crippen LogP contribution is -2.44. The normalized spacial score (nSPS) is 17.6. The molecule has 0 spiro atoms. The maximum absolute atomic E-state index is 12.5. The van der Waals surface area contributed by atoms with E-state index in [0.29, 0.717) is 0 Å². The fourth-order valence-corrected chi connectivity index (χ4v) is 4.00. The summed E-state index contributed by atoms with van der Waals surface area (Å²) in [4.78, 5) is 24.8. The maximum Gasteiger partial charge on any atom is 0.318 e. The number of hydrogen-bond donors (Lipinski definition) is 3. The van der Waals surface area contributed by atoms with Gasteiger partial charge in [0.2, 0.25) is 5.91 Å². The molecular formula is C18H19N3O2S. The molecule has 0 aromatic heterocycles. The molecule has 0 aliphatic carbocycles. The fourth-order valence-electron chi connectivity index (χ4n) is 2.88. The largest absolute Gasteiger partial charge is 0.351 e. The van der Waals surface area contributed by atoms with Crippen molar-refractivity contribution < 1.29 is 9.59 Å². The van der Waals surface area contributed by atoms with E-state index in [9.17, 15) is 9.59 Å². The van der Waals surface area contributed by atoms with E-state index in [4.69, 9.17) is 5.73 Å². The number of imide groups is 1. The number of rotatable bonds is 4. The Bertz CT molecular complexity index is 736. The zero-order valence-electron chi connectivity index (χ0n) is 13.1. The Labute approximate surface area is 145 Å². The molecule has 2 aromatic carbocycles. The molecule has 124 valence electrons. The van der Waals surface area contributed by atoms with Crippen molar-refractivity contribution in [1.82, 2.24) is 10.6 Å². The van der Waals surface area contributed by atoms with Crippen LogP contribution < -0.4 is 16.4 Å². The number of primary amides is 1. The summed E-state index contributed by atoms with van der Waals surface area (Å²) in [7, 11) is 0. The lowest BCUT2D eigenvalue weighted by molar-refractivity contribution is -0.122. The van der Waals surface area contributed by atoms with Crippen molar-refractivity contribution in [2.24, 2.45) is 5.73 Å². The van der Waals surface area contributed by atoms with E-state index in [0.717, 1.165) is 17.7 Å². The lowest BCUT2D eigenvalue weighted by atomic mass is 9.99. The summed E-state index contributed by atoms with van der Waals surface area (Å²) in [6.45, 7) is 0. The summed E-state index contributed by atoms with van der Waals surface area (Å²) in [5.41, 5.74) is 7.10. The topological polar surface area (TPSA) is 84.2 Å². The van der Waals surface area contributed by atoms with E-state index >= 15 is 0 Å². The molecule has 2 atom stereocenters. The Hall–Kier alpha value is -2.31. The van der Waals surface area contributed by atoms with Crippen molar-refractivity contribution in [3.8, 4) is 0 Å². The Balaban J connectivity index is 1.87. The van der Waals surface area contributed by atoms with Crippen LogP contribution in [0.1, 0.15) is 29.6 Å². The standard InChI is InChI=1S/C18H19N3O2S/c19-18(23)21-17(22)16(12-6-2-1-3-7-12)20-14-10-11-24-15-9-5-4-8-13(14)15/h1-9,14,16,20H,10-11H2,(H3,19,21,22,23)/t14-,16-/m1/s1. The monoisotopic (exact) mass is 341 g/mol. The molecule has 5 nitrogen and oxygen atoms in total. The summed E-state index contributed by atoms with van der Waals surface area (Å²) >= 11 is 1.82. The summed E-state index contributed by atoms with van der Waals surface area (Å²) in [5.74, 6) is 0.539. The summed E-state index contributed by atoms with van der Waals surface area (Å²) < 4.78 is 0. The highest BCUT2D eigenvalue weighted by Crippen LogP contribution is 2.37. The molecule has 3 amide bonds. The predicted octanol–water partition coefficient (Wildman–Crippen LogP) is 2.75. The molecule has 4 N–H and O–H groups in total. The predicted molar refractivity (Wildman–Crippen MR) is 94.6 cm³/mol. The van der Waals surface area contributed by atoms with Crippen LogP contribution in [0.5, 0.6) is 0 Å². The number of nitrogens with one attached hydrogen (secondary N) is 2. The molecule has 1 aliphatic rings. The highest BCUT2D eigenvalue weighted by atomic mass is 32.2. The molecule has 0 unspecified atom stereocenters. The Morgan fingerprint density at radius 1 is 1.08 bits per heavy atom. The van der Waals surface area contributed by atoms with E-state index < -0.39 is 18.0 Å². The molecule has 6 heteroatoms. The van der Waals surface area contributed by atoms with Crippen molar-refractivity contribution in [3.05, 3.63) is 65.7 Å². The van der Waals surface area contributed by atoms with Crippen molar-refractivity contribution in [2.75, 3.05) is 5.75 Å². The van der Waals surface area contributed by atoms with Gasteiger partial charge >= 0.3 is 6.03 Å². The van der Waals surface area contributed by atoms with Crippen molar-refractivity contribution >= 4 is 23.7 Å². The van der Waals surface area contributed by atoms with E-state index in [-0.39, 0.29) is 6.04 Å². The zero-order valence-corrected chi connectivity index (χ0v) is 13.9. The van der Waals surface area contributed by atoms with Gasteiger partial charge in [-0.3, -0.25) is 15.4 Å².